The Hall–Kier alpha value is 0.887. The highest BCUT2D eigenvalue weighted by molar-refractivity contribution is 14.2. The summed E-state index contributed by atoms with van der Waals surface area (Å²) >= 11 is 5.04. The number of unbranched alkanes of at least 4 members (excludes halogenated alkanes) is 10. The minimum atomic E-state index is -0.256. The van der Waals surface area contributed by atoms with Crippen LogP contribution in [0, 0.1) is 0 Å². The number of hydrogen-bond acceptors (Lipinski definition) is 2. The second-order valence-electron chi connectivity index (χ2n) is 6.06. The highest BCUT2D eigenvalue weighted by atomic mass is 127. The van der Waals surface area contributed by atoms with Crippen molar-refractivity contribution in [2.24, 2.45) is 0 Å². The van der Waals surface area contributed by atoms with E-state index in [2.05, 4.69) is 51.8 Å². The fraction of sp³-hybridized carbons (Fsp3) is 0.833. The summed E-state index contributed by atoms with van der Waals surface area (Å²) in [4.78, 5) is 11.2. The molecular formula is C18H32I2O2Si. The fourth-order valence-electron chi connectivity index (χ4n) is 2.32. The molecule has 0 amide bonds. The van der Waals surface area contributed by atoms with Gasteiger partial charge in [0.1, 0.15) is 0 Å². The predicted molar refractivity (Wildman–Crippen MR) is 119 cm³/mol. The molecular weight excluding hydrogens is 530 g/mol. The number of rotatable bonds is 16. The molecule has 0 spiro atoms. The Kier molecular flexibility index (Phi) is 18.4. The Bertz CT molecular complexity index is 309. The molecule has 0 saturated carbocycles. The van der Waals surface area contributed by atoms with Crippen molar-refractivity contribution in [2.75, 3.05) is 6.61 Å². The van der Waals surface area contributed by atoms with Gasteiger partial charge in [-0.1, -0.05) is 122 Å². The van der Waals surface area contributed by atoms with Crippen molar-refractivity contribution in [3.63, 3.8) is 0 Å². The van der Waals surface area contributed by atoms with Gasteiger partial charge in [0.15, 0.2) is 0 Å². The van der Waals surface area contributed by atoms with Crippen LogP contribution < -0.4 is 0 Å². The molecule has 0 aromatic heterocycles. The first-order valence-corrected chi connectivity index (χ1v) is 12.7. The molecule has 0 N–H and O–H groups in total. The summed E-state index contributed by atoms with van der Waals surface area (Å²) in [6.07, 6.45) is 14.6. The summed E-state index contributed by atoms with van der Waals surface area (Å²) in [5, 5.41) is 0. The van der Waals surface area contributed by atoms with E-state index in [1.54, 1.807) is 6.92 Å². The largest absolute Gasteiger partial charge is 0.462 e. The molecule has 0 aliphatic heterocycles. The van der Waals surface area contributed by atoms with Gasteiger partial charge in [-0.25, -0.2) is 4.79 Å². The van der Waals surface area contributed by atoms with Crippen LogP contribution in [0.25, 0.3) is 0 Å². The molecule has 0 heterocycles. The molecule has 2 radical (unpaired) electrons. The molecule has 0 aromatic carbocycles. The average Bonchev–Trinajstić information content (AvgIpc) is 2.50. The molecule has 5 heteroatoms. The van der Waals surface area contributed by atoms with E-state index < -0.39 is 0 Å². The molecule has 0 rings (SSSR count). The highest BCUT2D eigenvalue weighted by Crippen LogP contribution is 2.14. The van der Waals surface area contributed by atoms with Crippen LogP contribution in [0.4, 0.5) is 0 Å². The lowest BCUT2D eigenvalue weighted by atomic mass is 10.1. The summed E-state index contributed by atoms with van der Waals surface area (Å²) in [6.45, 7) is 5.80. The van der Waals surface area contributed by atoms with Gasteiger partial charge in [-0.2, -0.15) is 0 Å². The lowest BCUT2D eigenvalue weighted by molar-refractivity contribution is -0.139. The Labute approximate surface area is 173 Å². The monoisotopic (exact) mass is 562 g/mol. The van der Waals surface area contributed by atoms with E-state index in [1.807, 2.05) is 0 Å². The van der Waals surface area contributed by atoms with Gasteiger partial charge in [0.05, 0.1) is 17.7 Å². The van der Waals surface area contributed by atoms with Crippen molar-refractivity contribution in [1.29, 1.82) is 0 Å². The van der Waals surface area contributed by atoms with E-state index >= 15 is 0 Å². The maximum absolute atomic E-state index is 11.2. The van der Waals surface area contributed by atoms with E-state index in [0.29, 0.717) is 12.2 Å². The SMILES string of the molecule is C=C(C)C(=O)OCCCCCCCCCCCCC[Si]C(I)I. The van der Waals surface area contributed by atoms with Gasteiger partial charge in [-0.05, 0) is 13.3 Å². The quantitative estimate of drug-likeness (QED) is 0.0525. The maximum atomic E-state index is 11.2. The minimum Gasteiger partial charge on any atom is -0.462 e. The number of hydrogen-bond donors (Lipinski definition) is 0. The van der Waals surface area contributed by atoms with E-state index in [-0.39, 0.29) is 5.97 Å². The number of alkyl halides is 2. The first-order chi connectivity index (χ1) is 11.0. The van der Waals surface area contributed by atoms with Crippen molar-refractivity contribution in [3.05, 3.63) is 12.2 Å². The standard InChI is InChI=1S/C18H32I2O2Si/c1-16(2)17(21)22-14-12-10-8-6-4-3-5-7-9-11-13-15-23-18(19)20/h18H,1,3-15H2,2H3. The third-order valence-corrected chi connectivity index (χ3v) is 7.29. The third-order valence-electron chi connectivity index (χ3n) is 3.70. The van der Waals surface area contributed by atoms with Gasteiger partial charge in [-0.3, -0.25) is 0 Å². The Morgan fingerprint density at radius 3 is 1.78 bits per heavy atom. The molecule has 0 aromatic rings. The average molecular weight is 562 g/mol. The predicted octanol–water partition coefficient (Wildman–Crippen LogP) is 6.67. The molecule has 0 bridgehead atoms. The molecule has 23 heavy (non-hydrogen) atoms. The van der Waals surface area contributed by atoms with Gasteiger partial charge in [-0.15, -0.1) is 0 Å². The normalized spacial score (nSPS) is 11.0. The van der Waals surface area contributed by atoms with Gasteiger partial charge in [0.25, 0.3) is 0 Å². The van der Waals surface area contributed by atoms with Crippen LogP contribution in [0.3, 0.4) is 0 Å². The van der Waals surface area contributed by atoms with Crippen LogP contribution >= 0.6 is 45.2 Å². The molecule has 0 unspecified atom stereocenters. The molecule has 134 valence electrons. The molecule has 0 aliphatic carbocycles. The molecule has 0 atom stereocenters. The zero-order chi connectivity index (χ0) is 17.3. The topological polar surface area (TPSA) is 26.3 Å². The van der Waals surface area contributed by atoms with E-state index in [0.717, 1.165) is 17.5 Å². The fourth-order valence-corrected chi connectivity index (χ4v) is 4.86. The number of ether oxygens (including phenoxy) is 1. The second kappa shape index (κ2) is 17.7. The Balaban J connectivity index is 3.08. The Morgan fingerprint density at radius 2 is 1.35 bits per heavy atom. The van der Waals surface area contributed by atoms with Crippen molar-refractivity contribution in [3.8, 4) is 0 Å². The van der Waals surface area contributed by atoms with Crippen LogP contribution in [0.2, 0.25) is 6.04 Å². The second-order valence-corrected chi connectivity index (χ2v) is 14.8. The molecule has 0 aliphatic rings. The van der Waals surface area contributed by atoms with Gasteiger partial charge >= 0.3 is 5.97 Å². The zero-order valence-corrected chi connectivity index (χ0v) is 19.9. The smallest absolute Gasteiger partial charge is 0.333 e. The van der Waals surface area contributed by atoms with Crippen molar-refractivity contribution >= 4 is 60.7 Å². The number of esters is 1. The minimum absolute atomic E-state index is 0.256. The van der Waals surface area contributed by atoms with Crippen LogP contribution in [0.1, 0.15) is 77.6 Å². The van der Waals surface area contributed by atoms with Crippen LogP contribution in [0.5, 0.6) is 0 Å². The molecule has 0 fully saturated rings. The Morgan fingerprint density at radius 1 is 0.913 bits per heavy atom. The van der Waals surface area contributed by atoms with Gasteiger partial charge in [0.2, 0.25) is 0 Å². The van der Waals surface area contributed by atoms with Gasteiger partial charge < -0.3 is 4.74 Å². The molecule has 0 saturated heterocycles. The van der Waals surface area contributed by atoms with Crippen molar-refractivity contribution in [1.82, 2.24) is 0 Å². The zero-order valence-electron chi connectivity index (χ0n) is 14.5. The lowest BCUT2D eigenvalue weighted by Gasteiger charge is -2.05. The van der Waals surface area contributed by atoms with Crippen molar-refractivity contribution < 1.29 is 9.53 Å². The van der Waals surface area contributed by atoms with E-state index in [4.69, 9.17) is 4.74 Å². The number of halogens is 2. The first kappa shape index (κ1) is 23.9. The summed E-state index contributed by atoms with van der Waals surface area (Å²) in [5.74, 6) is -0.256. The number of carbonyl (C=O) groups excluding carboxylic acids is 1. The first-order valence-electron chi connectivity index (χ1n) is 8.88. The van der Waals surface area contributed by atoms with Crippen LogP contribution in [-0.4, -0.2) is 23.7 Å². The molecule has 2 nitrogen and oxygen atoms in total. The summed E-state index contributed by atoms with van der Waals surface area (Å²) < 4.78 is 5.91. The maximum Gasteiger partial charge on any atom is 0.333 e. The van der Waals surface area contributed by atoms with Crippen molar-refractivity contribution in [2.45, 2.75) is 85.2 Å². The summed E-state index contributed by atoms with van der Waals surface area (Å²) in [7, 11) is 1.14. The summed E-state index contributed by atoms with van der Waals surface area (Å²) in [5.41, 5.74) is 0.490. The lowest BCUT2D eigenvalue weighted by Crippen LogP contribution is -2.05. The number of carbonyl (C=O) groups is 1. The summed E-state index contributed by atoms with van der Waals surface area (Å²) in [6, 6.07) is 1.43. The van der Waals surface area contributed by atoms with E-state index in [1.165, 1.54) is 70.3 Å². The van der Waals surface area contributed by atoms with Crippen LogP contribution in [-0.2, 0) is 9.53 Å². The van der Waals surface area contributed by atoms with Crippen LogP contribution in [0.15, 0.2) is 12.2 Å². The van der Waals surface area contributed by atoms with Gasteiger partial charge in [0, 0.05) is 5.57 Å². The van der Waals surface area contributed by atoms with E-state index in [9.17, 15) is 4.79 Å². The third kappa shape index (κ3) is 19.1. The highest BCUT2D eigenvalue weighted by Gasteiger charge is 2.02.